The number of benzene rings is 2. The zero-order valence-electron chi connectivity index (χ0n) is 20.5. The van der Waals surface area contributed by atoms with Gasteiger partial charge in [0.1, 0.15) is 35.9 Å². The highest BCUT2D eigenvalue weighted by atomic mass is 19.1. The summed E-state index contributed by atoms with van der Waals surface area (Å²) in [5.41, 5.74) is 4.13. The van der Waals surface area contributed by atoms with Crippen LogP contribution in [0.25, 0.3) is 33.4 Å². The SMILES string of the molecule is O[C@@H]1CO[C@H]2[C@@H]1OC[C@H]2Oc1cc2nc(-c3ccc(-c4ccc(O[C@@H]5CCOC5)cc4)cc3)c(F)cc2[nH]1. The Hall–Kier alpha value is -3.50. The van der Waals surface area contributed by atoms with E-state index in [9.17, 15) is 5.11 Å². The van der Waals surface area contributed by atoms with Gasteiger partial charge in [0.25, 0.3) is 0 Å². The standard InChI is InChI=1S/C29H27FN2O6/c30-21-11-22-23(12-26(31-22)38-25-15-36-28-24(33)14-35-29(25)28)32-27(21)18-3-1-16(2-4-18)17-5-7-19(8-6-17)37-20-9-10-34-13-20/h1-8,11-12,20,24-25,28-29,31,33H,9-10,13-15H2/t20-,24-,25-,28-,29-/m1/s1. The number of aromatic nitrogens is 2. The molecule has 0 amide bonds. The van der Waals surface area contributed by atoms with Crippen molar-refractivity contribution < 1.29 is 33.2 Å². The predicted molar refractivity (Wildman–Crippen MR) is 137 cm³/mol. The Kier molecular flexibility index (Phi) is 6.01. The zero-order chi connectivity index (χ0) is 25.6. The molecule has 5 atom stereocenters. The monoisotopic (exact) mass is 518 g/mol. The second-order valence-corrected chi connectivity index (χ2v) is 9.91. The minimum absolute atomic E-state index is 0.113. The van der Waals surface area contributed by atoms with E-state index in [1.54, 1.807) is 6.07 Å². The van der Waals surface area contributed by atoms with Crippen molar-refractivity contribution in [3.8, 4) is 34.0 Å². The van der Waals surface area contributed by atoms with E-state index < -0.39 is 11.9 Å². The molecule has 4 aromatic rings. The minimum atomic E-state index is -0.647. The van der Waals surface area contributed by atoms with Crippen LogP contribution in [-0.2, 0) is 14.2 Å². The van der Waals surface area contributed by atoms with Crippen molar-refractivity contribution in [1.29, 1.82) is 0 Å². The zero-order valence-corrected chi connectivity index (χ0v) is 20.5. The number of ether oxygens (including phenoxy) is 5. The topological polar surface area (TPSA) is 95.1 Å². The van der Waals surface area contributed by atoms with Crippen LogP contribution in [-0.4, -0.2) is 72.0 Å². The molecule has 2 aromatic heterocycles. The number of pyridine rings is 1. The van der Waals surface area contributed by atoms with Crippen LogP contribution in [0.15, 0.2) is 60.7 Å². The number of rotatable bonds is 6. The molecule has 38 heavy (non-hydrogen) atoms. The first-order valence-electron chi connectivity index (χ1n) is 12.8. The molecule has 2 N–H and O–H groups in total. The fourth-order valence-electron chi connectivity index (χ4n) is 5.33. The molecule has 0 unspecified atom stereocenters. The van der Waals surface area contributed by atoms with E-state index in [1.807, 2.05) is 48.5 Å². The molecule has 2 aromatic carbocycles. The normalized spacial score (nSPS) is 26.6. The first kappa shape index (κ1) is 23.6. The second kappa shape index (κ2) is 9.67. The molecule has 3 aliphatic rings. The Morgan fingerprint density at radius 3 is 2.37 bits per heavy atom. The van der Waals surface area contributed by atoms with Gasteiger partial charge in [0.15, 0.2) is 17.8 Å². The third-order valence-electron chi connectivity index (χ3n) is 7.33. The van der Waals surface area contributed by atoms with E-state index in [0.29, 0.717) is 35.7 Å². The summed E-state index contributed by atoms with van der Waals surface area (Å²) in [6.07, 6.45) is -0.700. The summed E-state index contributed by atoms with van der Waals surface area (Å²) in [6.45, 7) is 1.92. The molecule has 8 nitrogen and oxygen atoms in total. The molecule has 9 heteroatoms. The van der Waals surface area contributed by atoms with E-state index in [0.717, 1.165) is 29.9 Å². The number of aliphatic hydroxyl groups is 1. The van der Waals surface area contributed by atoms with E-state index in [1.165, 1.54) is 6.07 Å². The fourth-order valence-corrected chi connectivity index (χ4v) is 5.33. The summed E-state index contributed by atoms with van der Waals surface area (Å²) in [4.78, 5) is 7.64. The highest BCUT2D eigenvalue weighted by Gasteiger charge is 2.48. The number of aliphatic hydroxyl groups excluding tert-OH is 1. The first-order valence-corrected chi connectivity index (χ1v) is 12.8. The summed E-state index contributed by atoms with van der Waals surface area (Å²) in [6, 6.07) is 18.8. The molecule has 0 spiro atoms. The van der Waals surface area contributed by atoms with Gasteiger partial charge in [-0.15, -0.1) is 0 Å². The Balaban J connectivity index is 1.07. The number of nitrogens with zero attached hydrogens (tertiary/aromatic N) is 1. The lowest BCUT2D eigenvalue weighted by Crippen LogP contribution is -2.34. The van der Waals surface area contributed by atoms with Gasteiger partial charge in [-0.1, -0.05) is 36.4 Å². The third-order valence-corrected chi connectivity index (χ3v) is 7.33. The van der Waals surface area contributed by atoms with Gasteiger partial charge in [-0.2, -0.15) is 0 Å². The maximum atomic E-state index is 15.1. The van der Waals surface area contributed by atoms with Crippen LogP contribution >= 0.6 is 0 Å². The Bertz CT molecular complexity index is 1430. The van der Waals surface area contributed by atoms with Gasteiger partial charge >= 0.3 is 0 Å². The van der Waals surface area contributed by atoms with Crippen LogP contribution < -0.4 is 9.47 Å². The summed E-state index contributed by atoms with van der Waals surface area (Å²) in [5, 5.41) is 9.93. The second-order valence-electron chi connectivity index (χ2n) is 9.91. The molecule has 0 radical (unpaired) electrons. The molecule has 3 aliphatic heterocycles. The number of aromatic amines is 1. The fraction of sp³-hybridized carbons (Fsp3) is 0.345. The van der Waals surface area contributed by atoms with E-state index >= 15 is 4.39 Å². The highest BCUT2D eigenvalue weighted by Crippen LogP contribution is 2.33. The van der Waals surface area contributed by atoms with Crippen LogP contribution in [0.1, 0.15) is 6.42 Å². The first-order chi connectivity index (χ1) is 18.6. The van der Waals surface area contributed by atoms with Gasteiger partial charge < -0.3 is 33.8 Å². The molecule has 3 saturated heterocycles. The predicted octanol–water partition coefficient (Wildman–Crippen LogP) is 4.11. The van der Waals surface area contributed by atoms with Crippen molar-refractivity contribution in [2.24, 2.45) is 0 Å². The van der Waals surface area contributed by atoms with Crippen molar-refractivity contribution in [3.63, 3.8) is 0 Å². The van der Waals surface area contributed by atoms with E-state index in [2.05, 4.69) is 9.97 Å². The van der Waals surface area contributed by atoms with Crippen LogP contribution in [0.4, 0.5) is 4.39 Å². The van der Waals surface area contributed by atoms with E-state index in [4.69, 9.17) is 23.7 Å². The maximum absolute atomic E-state index is 15.1. The van der Waals surface area contributed by atoms with Crippen LogP contribution in [0.5, 0.6) is 11.6 Å². The van der Waals surface area contributed by atoms with Crippen LogP contribution in [0, 0.1) is 5.82 Å². The molecule has 0 saturated carbocycles. The Morgan fingerprint density at radius 2 is 1.61 bits per heavy atom. The lowest BCUT2D eigenvalue weighted by molar-refractivity contribution is 0.00794. The molecule has 0 aliphatic carbocycles. The largest absolute Gasteiger partial charge is 0.488 e. The van der Waals surface area contributed by atoms with Crippen LogP contribution in [0.2, 0.25) is 0 Å². The molecule has 7 rings (SSSR count). The maximum Gasteiger partial charge on any atom is 0.193 e. The Labute approximate surface area is 218 Å². The van der Waals surface area contributed by atoms with Gasteiger partial charge in [-0.3, -0.25) is 0 Å². The summed E-state index contributed by atoms with van der Waals surface area (Å²) < 4.78 is 43.6. The molecule has 3 fully saturated rings. The summed E-state index contributed by atoms with van der Waals surface area (Å²) >= 11 is 0. The average molecular weight is 519 g/mol. The highest BCUT2D eigenvalue weighted by molar-refractivity contribution is 5.81. The number of hydrogen-bond donors (Lipinski definition) is 2. The number of halogens is 1. The van der Waals surface area contributed by atoms with Crippen molar-refractivity contribution in [2.45, 2.75) is 36.9 Å². The quantitative estimate of drug-likeness (QED) is 0.397. The molecular weight excluding hydrogens is 491 g/mol. The van der Waals surface area contributed by atoms with Gasteiger partial charge in [0, 0.05) is 24.1 Å². The summed E-state index contributed by atoms with van der Waals surface area (Å²) in [7, 11) is 0. The van der Waals surface area contributed by atoms with Crippen molar-refractivity contribution >= 4 is 11.0 Å². The van der Waals surface area contributed by atoms with Crippen LogP contribution in [0.3, 0.4) is 0 Å². The number of nitrogens with one attached hydrogen (secondary N) is 1. The summed E-state index contributed by atoms with van der Waals surface area (Å²) in [5.74, 6) is 0.845. The van der Waals surface area contributed by atoms with E-state index in [-0.39, 0.29) is 36.7 Å². The minimum Gasteiger partial charge on any atom is -0.488 e. The van der Waals surface area contributed by atoms with Gasteiger partial charge in [0.05, 0.1) is 37.5 Å². The van der Waals surface area contributed by atoms with Gasteiger partial charge in [-0.05, 0) is 23.3 Å². The number of hydrogen-bond acceptors (Lipinski definition) is 7. The molecule has 5 heterocycles. The average Bonchev–Trinajstić information content (AvgIpc) is 3.72. The van der Waals surface area contributed by atoms with Gasteiger partial charge in [-0.25, -0.2) is 9.37 Å². The Morgan fingerprint density at radius 1 is 0.868 bits per heavy atom. The lowest BCUT2D eigenvalue weighted by Gasteiger charge is -2.16. The van der Waals surface area contributed by atoms with Crippen molar-refractivity contribution in [1.82, 2.24) is 9.97 Å². The number of fused-ring (bicyclic) bond motifs is 2. The van der Waals surface area contributed by atoms with Gasteiger partial charge in [0.2, 0.25) is 0 Å². The molecule has 0 bridgehead atoms. The molecule has 196 valence electrons. The molecular formula is C29H27FN2O6. The van der Waals surface area contributed by atoms with Crippen molar-refractivity contribution in [3.05, 3.63) is 66.5 Å². The van der Waals surface area contributed by atoms with Crippen molar-refractivity contribution in [2.75, 3.05) is 26.4 Å². The smallest absolute Gasteiger partial charge is 0.193 e. The lowest BCUT2D eigenvalue weighted by atomic mass is 10.0. The number of H-pyrrole nitrogens is 1. The third kappa shape index (κ3) is 4.41.